The lowest BCUT2D eigenvalue weighted by Crippen LogP contribution is -2.43. The summed E-state index contributed by atoms with van der Waals surface area (Å²) in [5, 5.41) is 11.3. The summed E-state index contributed by atoms with van der Waals surface area (Å²) >= 11 is 6.01. The van der Waals surface area contributed by atoms with Gasteiger partial charge in [0.25, 0.3) is 0 Å². The van der Waals surface area contributed by atoms with Crippen molar-refractivity contribution in [3.8, 4) is 0 Å². The predicted octanol–water partition coefficient (Wildman–Crippen LogP) is 5.79. The molecule has 2 saturated carbocycles. The van der Waals surface area contributed by atoms with Crippen LogP contribution in [0.3, 0.4) is 0 Å². The summed E-state index contributed by atoms with van der Waals surface area (Å²) in [6.45, 7) is 0. The van der Waals surface area contributed by atoms with Gasteiger partial charge in [-0.25, -0.2) is 0 Å². The minimum atomic E-state index is -0.438. The molecular weight excluding hydrogens is 466 g/mol. The van der Waals surface area contributed by atoms with E-state index in [2.05, 4.69) is 27.6 Å². The Bertz CT molecular complexity index is 1210. The normalized spacial score (nSPS) is 23.5. The molecule has 182 valence electrons. The quantitative estimate of drug-likeness (QED) is 0.436. The van der Waals surface area contributed by atoms with Crippen molar-refractivity contribution in [3.05, 3.63) is 76.5 Å². The third-order valence-electron chi connectivity index (χ3n) is 7.49. The average Bonchev–Trinajstić information content (AvgIpc) is 3.31. The Kier molecular flexibility index (Phi) is 6.60. The van der Waals surface area contributed by atoms with Crippen LogP contribution in [-0.4, -0.2) is 29.2 Å². The molecule has 7 nitrogen and oxygen atoms in total. The van der Waals surface area contributed by atoms with Crippen LogP contribution in [0.25, 0.3) is 0 Å². The van der Waals surface area contributed by atoms with E-state index in [4.69, 9.17) is 20.8 Å². The van der Waals surface area contributed by atoms with E-state index < -0.39 is 5.91 Å². The number of esters is 1. The largest absolute Gasteiger partial charge is 0.469 e. The number of carbonyl (C=O) groups excluding carboxylic acids is 2. The number of ether oxygens (including phenoxy) is 1. The molecule has 5 rings (SSSR count). The van der Waals surface area contributed by atoms with Gasteiger partial charge in [0, 0.05) is 10.7 Å². The van der Waals surface area contributed by atoms with E-state index in [1.807, 2.05) is 30.3 Å². The van der Waals surface area contributed by atoms with Gasteiger partial charge in [-0.15, -0.1) is 10.2 Å². The number of benzene rings is 2. The lowest BCUT2D eigenvalue weighted by Gasteiger charge is -2.50. The molecule has 1 aromatic heterocycles. The molecule has 1 heterocycles. The summed E-state index contributed by atoms with van der Waals surface area (Å²) in [5.41, 5.74) is 3.22. The third-order valence-corrected chi connectivity index (χ3v) is 7.72. The number of nitrogens with zero attached hydrogens (tertiary/aromatic N) is 2. The summed E-state index contributed by atoms with van der Waals surface area (Å²) in [5.74, 6) is 0.376. The molecule has 2 aliphatic carbocycles. The Morgan fingerprint density at radius 3 is 2.54 bits per heavy atom. The Labute approximate surface area is 209 Å². The van der Waals surface area contributed by atoms with Gasteiger partial charge in [-0.05, 0) is 85.3 Å². The number of hydrogen-bond acceptors (Lipinski definition) is 6. The van der Waals surface area contributed by atoms with E-state index in [-0.39, 0.29) is 17.8 Å². The zero-order chi connectivity index (χ0) is 24.4. The molecular formula is C27H28ClN3O4. The van der Waals surface area contributed by atoms with Crippen LogP contribution < -0.4 is 5.32 Å². The van der Waals surface area contributed by atoms with Crippen molar-refractivity contribution >= 4 is 29.2 Å². The Morgan fingerprint density at radius 1 is 1.11 bits per heavy atom. The van der Waals surface area contributed by atoms with Crippen LogP contribution in [0.2, 0.25) is 5.02 Å². The maximum atomic E-state index is 12.6. The molecule has 1 N–H and O–H groups in total. The molecule has 2 aliphatic rings. The first-order valence-electron chi connectivity index (χ1n) is 12.0. The highest BCUT2D eigenvalue weighted by Gasteiger charge is 2.49. The molecule has 0 saturated heterocycles. The molecule has 0 atom stereocenters. The molecule has 35 heavy (non-hydrogen) atoms. The first-order chi connectivity index (χ1) is 16.9. The Balaban J connectivity index is 1.13. The van der Waals surface area contributed by atoms with Gasteiger partial charge in [0.05, 0.1) is 19.4 Å². The van der Waals surface area contributed by atoms with E-state index in [9.17, 15) is 9.59 Å². The summed E-state index contributed by atoms with van der Waals surface area (Å²) in [6, 6.07) is 15.4. The second kappa shape index (κ2) is 9.82. The zero-order valence-corrected chi connectivity index (χ0v) is 20.4. The fourth-order valence-corrected chi connectivity index (χ4v) is 5.77. The van der Waals surface area contributed by atoms with Crippen LogP contribution in [-0.2, 0) is 16.0 Å². The fourth-order valence-electron chi connectivity index (χ4n) is 5.55. The molecule has 2 fully saturated rings. The van der Waals surface area contributed by atoms with Gasteiger partial charge < -0.3 is 14.5 Å². The van der Waals surface area contributed by atoms with Gasteiger partial charge in [0.2, 0.25) is 5.89 Å². The molecule has 0 unspecified atom stereocenters. The monoisotopic (exact) mass is 493 g/mol. The molecule has 0 bridgehead atoms. The van der Waals surface area contributed by atoms with E-state index in [1.165, 1.54) is 12.7 Å². The molecule has 2 aromatic carbocycles. The number of nitrogens with one attached hydrogen (secondary N) is 1. The van der Waals surface area contributed by atoms with Gasteiger partial charge in [-0.1, -0.05) is 35.9 Å². The zero-order valence-electron chi connectivity index (χ0n) is 19.6. The van der Waals surface area contributed by atoms with Crippen molar-refractivity contribution < 1.29 is 18.7 Å². The minimum Gasteiger partial charge on any atom is -0.469 e. The van der Waals surface area contributed by atoms with Crippen LogP contribution >= 0.6 is 11.6 Å². The topological polar surface area (TPSA) is 94.3 Å². The van der Waals surface area contributed by atoms with Crippen molar-refractivity contribution in [1.82, 2.24) is 10.2 Å². The smallest absolute Gasteiger partial charge is 0.313 e. The number of amides is 1. The standard InChI is InChI=1S/C27H28ClN3O4/c1-34-26(33)20-15-27(16-20)11-9-19(10-12-27)18-5-7-22(8-6-18)29-24(32)25-31-30-23(35-25)14-17-3-2-4-21(28)13-17/h2-8,13,19-20H,9-12,14-16H2,1H3,(H,29,32). The van der Waals surface area contributed by atoms with Crippen LogP contribution in [0.5, 0.6) is 0 Å². The first-order valence-corrected chi connectivity index (χ1v) is 12.4. The second-order valence-electron chi connectivity index (χ2n) is 9.79. The highest BCUT2D eigenvalue weighted by molar-refractivity contribution is 6.30. The number of anilines is 1. The summed E-state index contributed by atoms with van der Waals surface area (Å²) in [6.07, 6.45) is 6.88. The van der Waals surface area contributed by atoms with Gasteiger partial charge in [0.1, 0.15) is 0 Å². The van der Waals surface area contributed by atoms with E-state index in [0.717, 1.165) is 44.1 Å². The summed E-state index contributed by atoms with van der Waals surface area (Å²) in [7, 11) is 1.47. The first kappa shape index (κ1) is 23.5. The minimum absolute atomic E-state index is 0.0618. The Morgan fingerprint density at radius 2 is 1.86 bits per heavy atom. The third kappa shape index (κ3) is 5.25. The molecule has 0 radical (unpaired) electrons. The van der Waals surface area contributed by atoms with Crippen molar-refractivity contribution in [2.45, 2.75) is 50.9 Å². The van der Waals surface area contributed by atoms with Crippen molar-refractivity contribution in [1.29, 1.82) is 0 Å². The SMILES string of the molecule is COC(=O)C1CC2(CCC(c3ccc(NC(=O)c4nnc(Cc5cccc(Cl)c5)o4)cc3)CC2)C1. The number of halogens is 1. The van der Waals surface area contributed by atoms with Gasteiger partial charge in [-0.2, -0.15) is 0 Å². The van der Waals surface area contributed by atoms with Crippen LogP contribution in [0.1, 0.15) is 72.1 Å². The van der Waals surface area contributed by atoms with E-state index >= 15 is 0 Å². The number of rotatable bonds is 6. The fraction of sp³-hybridized carbons (Fsp3) is 0.407. The van der Waals surface area contributed by atoms with Crippen LogP contribution in [0.4, 0.5) is 5.69 Å². The van der Waals surface area contributed by atoms with Gasteiger partial charge in [0.15, 0.2) is 0 Å². The van der Waals surface area contributed by atoms with Crippen molar-refractivity contribution in [2.24, 2.45) is 11.3 Å². The van der Waals surface area contributed by atoms with Gasteiger partial charge >= 0.3 is 17.8 Å². The molecule has 1 spiro atoms. The van der Waals surface area contributed by atoms with E-state index in [0.29, 0.717) is 34.4 Å². The maximum absolute atomic E-state index is 12.6. The van der Waals surface area contributed by atoms with E-state index in [1.54, 1.807) is 6.07 Å². The highest BCUT2D eigenvalue weighted by atomic mass is 35.5. The van der Waals surface area contributed by atoms with Crippen molar-refractivity contribution in [3.63, 3.8) is 0 Å². The lowest BCUT2D eigenvalue weighted by molar-refractivity contribution is -0.155. The van der Waals surface area contributed by atoms with Crippen LogP contribution in [0.15, 0.2) is 52.9 Å². The predicted molar refractivity (Wildman–Crippen MR) is 131 cm³/mol. The molecule has 8 heteroatoms. The number of methoxy groups -OCH3 is 1. The van der Waals surface area contributed by atoms with Gasteiger partial charge in [-0.3, -0.25) is 9.59 Å². The number of hydrogen-bond donors (Lipinski definition) is 1. The summed E-state index contributed by atoms with van der Waals surface area (Å²) in [4.78, 5) is 24.3. The summed E-state index contributed by atoms with van der Waals surface area (Å²) < 4.78 is 10.4. The maximum Gasteiger partial charge on any atom is 0.313 e. The Hall–Kier alpha value is -3.19. The number of aromatic nitrogens is 2. The average molecular weight is 494 g/mol. The molecule has 0 aliphatic heterocycles. The molecule has 1 amide bonds. The van der Waals surface area contributed by atoms with Crippen molar-refractivity contribution in [2.75, 3.05) is 12.4 Å². The number of carbonyl (C=O) groups is 2. The second-order valence-corrected chi connectivity index (χ2v) is 10.2. The van der Waals surface area contributed by atoms with Crippen LogP contribution in [0, 0.1) is 11.3 Å². The highest BCUT2D eigenvalue weighted by Crippen LogP contribution is 2.57. The molecule has 3 aromatic rings. The lowest BCUT2D eigenvalue weighted by atomic mass is 9.54.